The second-order valence-corrected chi connectivity index (χ2v) is 4.79. The molecule has 0 atom stereocenters. The Morgan fingerprint density at radius 2 is 1.94 bits per heavy atom. The van der Waals surface area contributed by atoms with E-state index in [1.165, 1.54) is 16.7 Å². The zero-order valence-corrected chi connectivity index (χ0v) is 11.0. The molecular weight excluding hydrogens is 212 g/mol. The molecule has 94 valence electrons. The minimum atomic E-state index is 0.997. The molecular formula is C14H22N2O. The fraction of sp³-hybridized carbons (Fsp3) is 0.571. The summed E-state index contributed by atoms with van der Waals surface area (Å²) in [5, 5.41) is 3.38. The van der Waals surface area contributed by atoms with Crippen molar-refractivity contribution in [3.8, 4) is 5.75 Å². The van der Waals surface area contributed by atoms with E-state index in [4.69, 9.17) is 4.74 Å². The minimum absolute atomic E-state index is 0.997. The van der Waals surface area contributed by atoms with Crippen LogP contribution >= 0.6 is 0 Å². The van der Waals surface area contributed by atoms with E-state index in [2.05, 4.69) is 36.2 Å². The van der Waals surface area contributed by atoms with E-state index < -0.39 is 0 Å². The molecule has 3 heteroatoms. The standard InChI is InChI=1S/C14H22N2O/c1-11-8-12(2)13(14(9-11)17-3)10-16-6-4-15-5-7-16/h8-9,15H,4-7,10H2,1-3H3. The molecule has 1 aliphatic rings. The molecule has 3 nitrogen and oxygen atoms in total. The third-order valence-corrected chi connectivity index (χ3v) is 3.39. The van der Waals surface area contributed by atoms with Gasteiger partial charge >= 0.3 is 0 Å². The molecule has 1 saturated heterocycles. The smallest absolute Gasteiger partial charge is 0.123 e. The summed E-state index contributed by atoms with van der Waals surface area (Å²) < 4.78 is 5.51. The van der Waals surface area contributed by atoms with Crippen molar-refractivity contribution in [3.63, 3.8) is 0 Å². The minimum Gasteiger partial charge on any atom is -0.496 e. The molecule has 1 aromatic carbocycles. The summed E-state index contributed by atoms with van der Waals surface area (Å²) in [6.45, 7) is 9.71. The average Bonchev–Trinajstić information content (AvgIpc) is 2.33. The first-order valence-electron chi connectivity index (χ1n) is 6.28. The lowest BCUT2D eigenvalue weighted by Gasteiger charge is -2.28. The molecule has 1 aliphatic heterocycles. The zero-order valence-electron chi connectivity index (χ0n) is 11.0. The maximum absolute atomic E-state index is 5.51. The molecule has 0 bridgehead atoms. The van der Waals surface area contributed by atoms with Crippen LogP contribution in [0.2, 0.25) is 0 Å². The van der Waals surface area contributed by atoms with Crippen LogP contribution in [0.4, 0.5) is 0 Å². The first-order valence-corrected chi connectivity index (χ1v) is 6.28. The number of ether oxygens (including phenoxy) is 1. The lowest BCUT2D eigenvalue weighted by molar-refractivity contribution is 0.229. The van der Waals surface area contributed by atoms with Crippen molar-refractivity contribution in [1.82, 2.24) is 10.2 Å². The summed E-state index contributed by atoms with van der Waals surface area (Å²) in [7, 11) is 1.76. The maximum Gasteiger partial charge on any atom is 0.123 e. The van der Waals surface area contributed by atoms with Crippen LogP contribution in [0, 0.1) is 13.8 Å². The Morgan fingerprint density at radius 1 is 1.24 bits per heavy atom. The summed E-state index contributed by atoms with van der Waals surface area (Å²) in [4.78, 5) is 2.48. The number of aryl methyl sites for hydroxylation is 2. The molecule has 17 heavy (non-hydrogen) atoms. The molecule has 1 heterocycles. The molecule has 0 saturated carbocycles. The van der Waals surface area contributed by atoms with Crippen LogP contribution in [0.5, 0.6) is 5.75 Å². The molecule has 0 aliphatic carbocycles. The number of hydrogen-bond acceptors (Lipinski definition) is 3. The molecule has 0 radical (unpaired) electrons. The monoisotopic (exact) mass is 234 g/mol. The number of rotatable bonds is 3. The third-order valence-electron chi connectivity index (χ3n) is 3.39. The van der Waals surface area contributed by atoms with Crippen LogP contribution in [-0.4, -0.2) is 38.2 Å². The quantitative estimate of drug-likeness (QED) is 0.862. The van der Waals surface area contributed by atoms with E-state index in [0.717, 1.165) is 38.5 Å². The highest BCUT2D eigenvalue weighted by atomic mass is 16.5. The highest BCUT2D eigenvalue weighted by Crippen LogP contribution is 2.25. The van der Waals surface area contributed by atoms with Gasteiger partial charge in [0, 0.05) is 38.3 Å². The molecule has 0 unspecified atom stereocenters. The van der Waals surface area contributed by atoms with Crippen LogP contribution in [-0.2, 0) is 6.54 Å². The van der Waals surface area contributed by atoms with Crippen molar-refractivity contribution < 1.29 is 4.74 Å². The van der Waals surface area contributed by atoms with E-state index in [1.54, 1.807) is 7.11 Å². The zero-order chi connectivity index (χ0) is 12.3. The Hall–Kier alpha value is -1.06. The van der Waals surface area contributed by atoms with Gasteiger partial charge < -0.3 is 10.1 Å². The average molecular weight is 234 g/mol. The highest BCUT2D eigenvalue weighted by molar-refractivity contribution is 5.43. The Labute approximate surface area is 104 Å². The third kappa shape index (κ3) is 2.99. The van der Waals surface area contributed by atoms with Gasteiger partial charge in [-0.3, -0.25) is 4.90 Å². The second kappa shape index (κ2) is 5.52. The molecule has 0 spiro atoms. The van der Waals surface area contributed by atoms with Gasteiger partial charge in [-0.2, -0.15) is 0 Å². The van der Waals surface area contributed by atoms with Crippen molar-refractivity contribution in [2.75, 3.05) is 33.3 Å². The summed E-state index contributed by atoms with van der Waals surface area (Å²) in [5.41, 5.74) is 3.93. The number of nitrogens with zero attached hydrogens (tertiary/aromatic N) is 1. The molecule has 1 N–H and O–H groups in total. The largest absolute Gasteiger partial charge is 0.496 e. The lowest BCUT2D eigenvalue weighted by Crippen LogP contribution is -2.43. The van der Waals surface area contributed by atoms with Gasteiger partial charge in [0.15, 0.2) is 0 Å². The van der Waals surface area contributed by atoms with Crippen LogP contribution in [0.3, 0.4) is 0 Å². The topological polar surface area (TPSA) is 24.5 Å². The van der Waals surface area contributed by atoms with Gasteiger partial charge in [0.05, 0.1) is 7.11 Å². The van der Waals surface area contributed by atoms with Gasteiger partial charge in [0.1, 0.15) is 5.75 Å². The summed E-state index contributed by atoms with van der Waals surface area (Å²) in [6, 6.07) is 4.37. The fourth-order valence-electron chi connectivity index (χ4n) is 2.44. The Bertz CT molecular complexity index is 384. The van der Waals surface area contributed by atoms with Crippen LogP contribution in [0.25, 0.3) is 0 Å². The second-order valence-electron chi connectivity index (χ2n) is 4.79. The van der Waals surface area contributed by atoms with Crippen molar-refractivity contribution in [2.45, 2.75) is 20.4 Å². The van der Waals surface area contributed by atoms with Gasteiger partial charge in [-0.1, -0.05) is 6.07 Å². The van der Waals surface area contributed by atoms with Crippen molar-refractivity contribution in [3.05, 3.63) is 28.8 Å². The van der Waals surface area contributed by atoms with E-state index in [-0.39, 0.29) is 0 Å². The van der Waals surface area contributed by atoms with Crippen molar-refractivity contribution in [2.24, 2.45) is 0 Å². The Morgan fingerprint density at radius 3 is 2.59 bits per heavy atom. The summed E-state index contributed by atoms with van der Waals surface area (Å²) >= 11 is 0. The number of hydrogen-bond donors (Lipinski definition) is 1. The molecule has 2 rings (SSSR count). The van der Waals surface area contributed by atoms with Gasteiger partial charge in [0.25, 0.3) is 0 Å². The number of nitrogens with one attached hydrogen (secondary N) is 1. The van der Waals surface area contributed by atoms with Crippen molar-refractivity contribution >= 4 is 0 Å². The van der Waals surface area contributed by atoms with Crippen molar-refractivity contribution in [1.29, 1.82) is 0 Å². The van der Waals surface area contributed by atoms with Gasteiger partial charge in [-0.15, -0.1) is 0 Å². The van der Waals surface area contributed by atoms with Crippen LogP contribution in [0.15, 0.2) is 12.1 Å². The SMILES string of the molecule is COc1cc(C)cc(C)c1CN1CCNCC1. The first-order chi connectivity index (χ1) is 8.20. The van der Waals surface area contributed by atoms with E-state index in [9.17, 15) is 0 Å². The Kier molecular flexibility index (Phi) is 4.02. The predicted octanol–water partition coefficient (Wildman–Crippen LogP) is 1.72. The normalized spacial score (nSPS) is 17.1. The maximum atomic E-state index is 5.51. The van der Waals surface area contributed by atoms with Crippen LogP contribution in [0.1, 0.15) is 16.7 Å². The van der Waals surface area contributed by atoms with E-state index in [0.29, 0.717) is 0 Å². The lowest BCUT2D eigenvalue weighted by atomic mass is 10.0. The first kappa shape index (κ1) is 12.4. The molecule has 0 aromatic heterocycles. The number of methoxy groups -OCH3 is 1. The van der Waals surface area contributed by atoms with E-state index in [1.807, 2.05) is 0 Å². The van der Waals surface area contributed by atoms with E-state index >= 15 is 0 Å². The van der Waals surface area contributed by atoms with Gasteiger partial charge in [0.2, 0.25) is 0 Å². The molecule has 1 aromatic rings. The van der Waals surface area contributed by atoms with Crippen LogP contribution < -0.4 is 10.1 Å². The summed E-state index contributed by atoms with van der Waals surface area (Å²) in [6.07, 6.45) is 0. The number of piperazine rings is 1. The highest BCUT2D eigenvalue weighted by Gasteiger charge is 2.14. The molecule has 0 amide bonds. The predicted molar refractivity (Wildman–Crippen MR) is 70.6 cm³/mol. The number of benzene rings is 1. The fourth-order valence-corrected chi connectivity index (χ4v) is 2.44. The molecule has 1 fully saturated rings. The van der Waals surface area contributed by atoms with Gasteiger partial charge in [-0.05, 0) is 31.0 Å². The Balaban J connectivity index is 2.18. The van der Waals surface area contributed by atoms with Gasteiger partial charge in [-0.25, -0.2) is 0 Å². The summed E-state index contributed by atoms with van der Waals surface area (Å²) in [5.74, 6) is 1.03.